The second-order valence-electron chi connectivity index (χ2n) is 13.2. The van der Waals surface area contributed by atoms with Crippen LogP contribution in [0.2, 0.25) is 0 Å². The molecule has 9 atom stereocenters. The molecule has 0 radical (unpaired) electrons. The van der Waals surface area contributed by atoms with Crippen LogP contribution in [0.1, 0.15) is 87.0 Å². The fourth-order valence-corrected chi connectivity index (χ4v) is 9.06. The van der Waals surface area contributed by atoms with Crippen molar-refractivity contribution in [2.75, 3.05) is 7.11 Å². The van der Waals surface area contributed by atoms with E-state index in [1.807, 2.05) is 0 Å². The molecule has 4 nitrogen and oxygen atoms in total. The minimum Gasteiger partial charge on any atom is -0.466 e. The Bertz CT molecular complexity index is 942. The molecule has 4 rings (SSSR count). The zero-order chi connectivity index (χ0) is 25.9. The minimum absolute atomic E-state index is 0.0322. The first-order valence-corrected chi connectivity index (χ1v) is 13.9. The summed E-state index contributed by atoms with van der Waals surface area (Å²) in [4.78, 5) is 11.8. The molecular formula is C31H48O4. The van der Waals surface area contributed by atoms with Gasteiger partial charge in [-0.3, -0.25) is 0 Å². The Morgan fingerprint density at radius 1 is 1.26 bits per heavy atom. The molecule has 0 aromatic rings. The average molecular weight is 485 g/mol. The third kappa shape index (κ3) is 3.89. The van der Waals surface area contributed by atoms with Gasteiger partial charge in [-0.05, 0) is 91.9 Å². The normalized spacial score (nSPS) is 42.1. The lowest BCUT2D eigenvalue weighted by molar-refractivity contribution is -0.136. The maximum Gasteiger partial charge on any atom is 0.333 e. The summed E-state index contributed by atoms with van der Waals surface area (Å²) in [5, 5.41) is 21.8. The van der Waals surface area contributed by atoms with Crippen molar-refractivity contribution in [2.24, 2.45) is 45.8 Å². The van der Waals surface area contributed by atoms with Crippen molar-refractivity contribution < 1.29 is 19.7 Å². The lowest BCUT2D eigenvalue weighted by Crippen LogP contribution is -2.51. The fraction of sp³-hybridized carbons (Fsp3) is 0.774. The zero-order valence-corrected chi connectivity index (χ0v) is 23.2. The molecular weight excluding hydrogens is 436 g/mol. The summed E-state index contributed by atoms with van der Waals surface area (Å²) in [7, 11) is 1.37. The smallest absolute Gasteiger partial charge is 0.333 e. The van der Waals surface area contributed by atoms with Crippen LogP contribution in [0.15, 0.2) is 34.9 Å². The Morgan fingerprint density at radius 2 is 1.94 bits per heavy atom. The summed E-state index contributed by atoms with van der Waals surface area (Å²) in [6.07, 6.45) is 11.8. The Hall–Kier alpha value is -1.39. The molecule has 1 fully saturated rings. The summed E-state index contributed by atoms with van der Waals surface area (Å²) < 4.78 is 4.81. The van der Waals surface area contributed by atoms with Crippen LogP contribution in [0.3, 0.4) is 0 Å². The van der Waals surface area contributed by atoms with Gasteiger partial charge in [-0.1, -0.05) is 64.8 Å². The predicted molar refractivity (Wildman–Crippen MR) is 140 cm³/mol. The predicted octanol–water partition coefficient (Wildman–Crippen LogP) is 6.23. The molecule has 4 aliphatic carbocycles. The maximum atomic E-state index is 11.8. The van der Waals surface area contributed by atoms with Gasteiger partial charge in [0, 0.05) is 11.0 Å². The number of carbonyl (C=O) groups is 1. The second-order valence-corrected chi connectivity index (χ2v) is 13.2. The Balaban J connectivity index is 1.67. The molecule has 0 saturated heterocycles. The highest BCUT2D eigenvalue weighted by Crippen LogP contribution is 2.70. The van der Waals surface area contributed by atoms with E-state index in [4.69, 9.17) is 4.74 Å². The van der Waals surface area contributed by atoms with Crippen LogP contribution >= 0.6 is 0 Å². The van der Waals surface area contributed by atoms with Gasteiger partial charge < -0.3 is 14.9 Å². The number of carbonyl (C=O) groups excluding carboxylic acids is 1. The van der Waals surface area contributed by atoms with Gasteiger partial charge in [-0.15, -0.1) is 0 Å². The van der Waals surface area contributed by atoms with Crippen molar-refractivity contribution in [2.45, 2.75) is 99.2 Å². The molecule has 4 heteroatoms. The monoisotopic (exact) mass is 484 g/mol. The Morgan fingerprint density at radius 3 is 2.60 bits per heavy atom. The van der Waals surface area contributed by atoms with Crippen LogP contribution in [0.4, 0.5) is 0 Å². The summed E-state index contributed by atoms with van der Waals surface area (Å²) in [5.74, 6) is 2.00. The number of hydrogen-bond donors (Lipinski definition) is 2. The topological polar surface area (TPSA) is 66.8 Å². The molecule has 0 aromatic carbocycles. The van der Waals surface area contributed by atoms with E-state index in [1.165, 1.54) is 26.4 Å². The van der Waals surface area contributed by atoms with E-state index in [-0.39, 0.29) is 34.2 Å². The van der Waals surface area contributed by atoms with Gasteiger partial charge in [-0.2, -0.15) is 0 Å². The number of rotatable bonds is 5. The van der Waals surface area contributed by atoms with Crippen LogP contribution in [0.25, 0.3) is 0 Å². The number of methoxy groups -OCH3 is 1. The highest BCUT2D eigenvalue weighted by atomic mass is 16.5. The Labute approximate surface area is 212 Å². The number of esters is 1. The van der Waals surface area contributed by atoms with Gasteiger partial charge in [0.15, 0.2) is 0 Å². The first-order chi connectivity index (χ1) is 16.3. The van der Waals surface area contributed by atoms with Crippen LogP contribution in [-0.4, -0.2) is 35.5 Å². The molecule has 196 valence electrons. The van der Waals surface area contributed by atoms with Crippen molar-refractivity contribution in [1.29, 1.82) is 0 Å². The summed E-state index contributed by atoms with van der Waals surface area (Å²) in [6.45, 7) is 15.7. The molecule has 0 bridgehead atoms. The van der Waals surface area contributed by atoms with Crippen LogP contribution in [0, 0.1) is 45.8 Å². The summed E-state index contributed by atoms with van der Waals surface area (Å²) in [5.41, 5.74) is 3.91. The number of allylic oxidation sites excluding steroid dienone is 4. The largest absolute Gasteiger partial charge is 0.466 e. The quantitative estimate of drug-likeness (QED) is 0.276. The Kier molecular flexibility index (Phi) is 6.99. The third-order valence-electron chi connectivity index (χ3n) is 11.3. The van der Waals surface area contributed by atoms with E-state index in [0.717, 1.165) is 12.8 Å². The first kappa shape index (κ1) is 26.7. The molecule has 2 N–H and O–H groups in total. The average Bonchev–Trinajstić information content (AvgIpc) is 3.32. The van der Waals surface area contributed by atoms with E-state index >= 15 is 0 Å². The standard InChI is InChI=1S/C31H48O4/c1-18-16-26(33)29(5,6)25-10-9-24-23(27(18)25)12-14-31(24)20(3)11-13-30(31,7)21(4)17-22(32)15-19(2)28(34)35-8/h11,13,15,18,20-22,25-27,32-33H,9-10,12,14,16-17H2,1-8H3/b19-15-. The van der Waals surface area contributed by atoms with Crippen LogP contribution in [0.5, 0.6) is 0 Å². The second kappa shape index (κ2) is 9.17. The molecule has 1 spiro atoms. The van der Waals surface area contributed by atoms with Gasteiger partial charge in [0.2, 0.25) is 0 Å². The SMILES string of the molecule is COC(=O)/C(C)=C\C(O)CC(C)C1(C)C=CC(C)C12CCC1=C2CCC2C1C(C)CC(O)C2(C)C. The first-order valence-electron chi connectivity index (χ1n) is 13.9. The highest BCUT2D eigenvalue weighted by molar-refractivity contribution is 5.87. The molecule has 0 amide bonds. The molecule has 9 unspecified atom stereocenters. The van der Waals surface area contributed by atoms with Gasteiger partial charge in [0.05, 0.1) is 19.3 Å². The molecule has 0 aliphatic heterocycles. The van der Waals surface area contributed by atoms with E-state index in [2.05, 4.69) is 53.7 Å². The van der Waals surface area contributed by atoms with Crippen molar-refractivity contribution >= 4 is 5.97 Å². The highest BCUT2D eigenvalue weighted by Gasteiger charge is 2.62. The van der Waals surface area contributed by atoms with Crippen molar-refractivity contribution in [3.63, 3.8) is 0 Å². The van der Waals surface area contributed by atoms with E-state index < -0.39 is 6.10 Å². The maximum absolute atomic E-state index is 11.8. The van der Waals surface area contributed by atoms with Crippen molar-refractivity contribution in [3.8, 4) is 0 Å². The zero-order valence-electron chi connectivity index (χ0n) is 23.2. The van der Waals surface area contributed by atoms with Gasteiger partial charge in [0.1, 0.15) is 0 Å². The number of ether oxygens (including phenoxy) is 1. The van der Waals surface area contributed by atoms with Gasteiger partial charge in [0.25, 0.3) is 0 Å². The number of hydrogen-bond acceptors (Lipinski definition) is 4. The van der Waals surface area contributed by atoms with Gasteiger partial charge in [-0.25, -0.2) is 4.79 Å². The lowest BCUT2D eigenvalue weighted by Gasteiger charge is -2.55. The van der Waals surface area contributed by atoms with Crippen molar-refractivity contribution in [3.05, 3.63) is 34.9 Å². The summed E-state index contributed by atoms with van der Waals surface area (Å²) in [6, 6.07) is 0. The fourth-order valence-electron chi connectivity index (χ4n) is 9.06. The molecule has 1 saturated carbocycles. The van der Waals surface area contributed by atoms with Crippen molar-refractivity contribution in [1.82, 2.24) is 0 Å². The number of aliphatic hydroxyl groups excluding tert-OH is 2. The molecule has 35 heavy (non-hydrogen) atoms. The van der Waals surface area contributed by atoms with E-state index in [0.29, 0.717) is 35.7 Å². The number of fused-ring (bicyclic) bond motifs is 3. The van der Waals surface area contributed by atoms with Crippen LogP contribution in [-0.2, 0) is 9.53 Å². The molecule has 4 aliphatic rings. The molecule has 0 aromatic heterocycles. The van der Waals surface area contributed by atoms with E-state index in [9.17, 15) is 15.0 Å². The summed E-state index contributed by atoms with van der Waals surface area (Å²) >= 11 is 0. The van der Waals surface area contributed by atoms with E-state index in [1.54, 1.807) is 24.1 Å². The third-order valence-corrected chi connectivity index (χ3v) is 11.3. The number of aliphatic hydroxyl groups is 2. The minimum atomic E-state index is -0.673. The van der Waals surface area contributed by atoms with Gasteiger partial charge >= 0.3 is 5.97 Å². The molecule has 0 heterocycles. The van der Waals surface area contributed by atoms with Crippen LogP contribution < -0.4 is 0 Å². The lowest BCUT2D eigenvalue weighted by atomic mass is 9.49.